The SMILES string of the molecule is CNc1ccc(-c2cccc(C(/C=C(\C)c3cc4ccccc4c4ccccc34)=NCc3cccc(-c4ccc(N)cc4)c3)c2)cc1. The van der Waals surface area contributed by atoms with E-state index >= 15 is 0 Å². The number of hydrogen-bond acceptors (Lipinski definition) is 3. The number of rotatable bonds is 8. The van der Waals surface area contributed by atoms with Crippen molar-refractivity contribution < 1.29 is 0 Å². The molecule has 7 aromatic rings. The first kappa shape index (κ1) is 29.8. The monoisotopic (exact) mass is 607 g/mol. The van der Waals surface area contributed by atoms with Gasteiger partial charge in [-0.25, -0.2) is 0 Å². The Kier molecular flexibility index (Phi) is 8.36. The molecule has 0 heterocycles. The minimum Gasteiger partial charge on any atom is -0.399 e. The smallest absolute Gasteiger partial charge is 0.0653 e. The summed E-state index contributed by atoms with van der Waals surface area (Å²) in [4.78, 5) is 5.29. The van der Waals surface area contributed by atoms with Crippen LogP contribution in [0.2, 0.25) is 0 Å². The fraction of sp³-hybridized carbons (Fsp3) is 0.0682. The molecular formula is C44H37N3. The molecule has 7 aromatic carbocycles. The Labute approximate surface area is 276 Å². The topological polar surface area (TPSA) is 50.4 Å². The van der Waals surface area contributed by atoms with Crippen LogP contribution < -0.4 is 11.1 Å². The fourth-order valence-electron chi connectivity index (χ4n) is 6.27. The lowest BCUT2D eigenvalue weighted by molar-refractivity contribution is 1.07. The summed E-state index contributed by atoms with van der Waals surface area (Å²) < 4.78 is 0. The summed E-state index contributed by atoms with van der Waals surface area (Å²) in [7, 11) is 1.94. The molecule has 3 heteroatoms. The van der Waals surface area contributed by atoms with Crippen LogP contribution >= 0.6 is 0 Å². The highest BCUT2D eigenvalue weighted by Crippen LogP contribution is 2.33. The highest BCUT2D eigenvalue weighted by Gasteiger charge is 2.11. The maximum absolute atomic E-state index is 5.95. The summed E-state index contributed by atoms with van der Waals surface area (Å²) in [5, 5.41) is 8.22. The average molecular weight is 608 g/mol. The van der Waals surface area contributed by atoms with Crippen molar-refractivity contribution >= 4 is 44.2 Å². The molecule has 0 aromatic heterocycles. The van der Waals surface area contributed by atoms with Gasteiger partial charge in [-0.3, -0.25) is 4.99 Å². The standard InChI is InChI=1S/C44H37N3/c1-30(43-28-36-10-3-4-14-40(36)41-15-5-6-16-42(41)43)25-44(37-13-8-12-35(27-37)33-19-23-39(46-2)24-20-33)47-29-31-9-7-11-34(26-31)32-17-21-38(45)22-18-32/h3-28,46H,29,45H2,1-2H3/b30-25+,47-44?. The number of nitrogens with zero attached hydrogens (tertiary/aromatic N) is 1. The number of benzene rings is 7. The lowest BCUT2D eigenvalue weighted by atomic mass is 9.92. The molecule has 0 radical (unpaired) electrons. The van der Waals surface area contributed by atoms with Gasteiger partial charge < -0.3 is 11.1 Å². The minimum absolute atomic E-state index is 0.557. The van der Waals surface area contributed by atoms with E-state index in [4.69, 9.17) is 10.7 Å². The highest BCUT2D eigenvalue weighted by atomic mass is 14.8. The van der Waals surface area contributed by atoms with Crippen molar-refractivity contribution in [1.82, 2.24) is 0 Å². The van der Waals surface area contributed by atoms with Crippen molar-refractivity contribution in [2.24, 2.45) is 4.99 Å². The lowest BCUT2D eigenvalue weighted by Crippen LogP contribution is -2.01. The second-order valence-corrected chi connectivity index (χ2v) is 12.0. The Morgan fingerprint density at radius 3 is 2.00 bits per heavy atom. The number of nitrogens with two attached hydrogens (primary N) is 1. The van der Waals surface area contributed by atoms with Crippen LogP contribution in [0.4, 0.5) is 11.4 Å². The van der Waals surface area contributed by atoms with E-state index in [-0.39, 0.29) is 0 Å². The van der Waals surface area contributed by atoms with E-state index in [1.165, 1.54) is 38.2 Å². The van der Waals surface area contributed by atoms with Crippen LogP contribution in [0.1, 0.15) is 23.6 Å². The van der Waals surface area contributed by atoms with Gasteiger partial charge in [-0.15, -0.1) is 0 Å². The molecule has 0 aliphatic rings. The van der Waals surface area contributed by atoms with E-state index in [2.05, 4.69) is 158 Å². The molecule has 0 saturated heterocycles. The van der Waals surface area contributed by atoms with E-state index in [0.717, 1.165) is 44.9 Å². The summed E-state index contributed by atoms with van der Waals surface area (Å²) in [5.74, 6) is 0. The third kappa shape index (κ3) is 6.43. The summed E-state index contributed by atoms with van der Waals surface area (Å²) >= 11 is 0. The molecule has 228 valence electrons. The largest absolute Gasteiger partial charge is 0.399 e. The maximum atomic E-state index is 5.95. The van der Waals surface area contributed by atoms with Crippen LogP contribution in [-0.4, -0.2) is 12.8 Å². The second kappa shape index (κ2) is 13.2. The molecular weight excluding hydrogens is 571 g/mol. The Morgan fingerprint density at radius 1 is 0.617 bits per heavy atom. The predicted octanol–water partition coefficient (Wildman–Crippen LogP) is 11.0. The molecule has 0 aliphatic carbocycles. The van der Waals surface area contributed by atoms with Crippen LogP contribution in [0.25, 0.3) is 49.4 Å². The fourth-order valence-corrected chi connectivity index (χ4v) is 6.27. The van der Waals surface area contributed by atoms with Gasteiger partial charge in [0.1, 0.15) is 0 Å². The van der Waals surface area contributed by atoms with E-state index in [1.807, 2.05) is 19.2 Å². The van der Waals surface area contributed by atoms with Crippen LogP contribution in [-0.2, 0) is 6.54 Å². The van der Waals surface area contributed by atoms with E-state index in [9.17, 15) is 0 Å². The van der Waals surface area contributed by atoms with Gasteiger partial charge in [0.25, 0.3) is 0 Å². The highest BCUT2D eigenvalue weighted by molar-refractivity contribution is 6.16. The molecule has 0 fully saturated rings. The number of hydrogen-bond donors (Lipinski definition) is 2. The zero-order chi connectivity index (χ0) is 32.2. The van der Waals surface area contributed by atoms with Gasteiger partial charge in [0, 0.05) is 24.0 Å². The van der Waals surface area contributed by atoms with Crippen molar-refractivity contribution in [2.45, 2.75) is 13.5 Å². The van der Waals surface area contributed by atoms with Crippen molar-refractivity contribution in [3.8, 4) is 22.3 Å². The van der Waals surface area contributed by atoms with E-state index in [1.54, 1.807) is 0 Å². The minimum atomic E-state index is 0.557. The van der Waals surface area contributed by atoms with Gasteiger partial charge in [-0.05, 0) is 116 Å². The van der Waals surface area contributed by atoms with Gasteiger partial charge in [-0.2, -0.15) is 0 Å². The third-order valence-corrected chi connectivity index (χ3v) is 8.81. The predicted molar refractivity (Wildman–Crippen MR) is 203 cm³/mol. The van der Waals surface area contributed by atoms with Crippen LogP contribution in [0.15, 0.2) is 163 Å². The molecule has 0 spiro atoms. The number of nitrogen functional groups attached to an aromatic ring is 1. The molecule has 0 bridgehead atoms. The number of allylic oxidation sites excluding steroid dienone is 2. The molecule has 0 saturated carbocycles. The van der Waals surface area contributed by atoms with Gasteiger partial charge >= 0.3 is 0 Å². The number of anilines is 2. The molecule has 47 heavy (non-hydrogen) atoms. The molecule has 3 nitrogen and oxygen atoms in total. The maximum Gasteiger partial charge on any atom is 0.0653 e. The van der Waals surface area contributed by atoms with E-state index in [0.29, 0.717) is 6.54 Å². The van der Waals surface area contributed by atoms with Crippen molar-refractivity contribution in [3.63, 3.8) is 0 Å². The zero-order valence-corrected chi connectivity index (χ0v) is 26.7. The summed E-state index contributed by atoms with van der Waals surface area (Å²) in [6, 6.07) is 53.5. The Balaban J connectivity index is 1.32. The second-order valence-electron chi connectivity index (χ2n) is 12.0. The summed E-state index contributed by atoms with van der Waals surface area (Å²) in [5.41, 5.74) is 18.0. The lowest BCUT2D eigenvalue weighted by Gasteiger charge is -2.13. The molecule has 0 unspecified atom stereocenters. The third-order valence-electron chi connectivity index (χ3n) is 8.81. The van der Waals surface area contributed by atoms with Crippen LogP contribution in [0.3, 0.4) is 0 Å². The quantitative estimate of drug-likeness (QED) is 0.103. The Hall–Kier alpha value is -5.93. The van der Waals surface area contributed by atoms with Gasteiger partial charge in [0.05, 0.1) is 12.3 Å². The first-order chi connectivity index (χ1) is 23.1. The Bertz CT molecular complexity index is 2260. The molecule has 3 N–H and O–H groups in total. The number of aliphatic imine (C=N–C) groups is 1. The molecule has 7 rings (SSSR count). The normalized spacial score (nSPS) is 12.0. The first-order valence-corrected chi connectivity index (χ1v) is 16.0. The van der Waals surface area contributed by atoms with Gasteiger partial charge in [0.2, 0.25) is 0 Å². The molecule has 0 amide bonds. The van der Waals surface area contributed by atoms with Crippen LogP contribution in [0, 0.1) is 0 Å². The van der Waals surface area contributed by atoms with Gasteiger partial charge in [0.15, 0.2) is 0 Å². The van der Waals surface area contributed by atoms with E-state index < -0.39 is 0 Å². The van der Waals surface area contributed by atoms with Gasteiger partial charge in [-0.1, -0.05) is 109 Å². The molecule has 0 atom stereocenters. The van der Waals surface area contributed by atoms with Crippen molar-refractivity contribution in [3.05, 3.63) is 174 Å². The van der Waals surface area contributed by atoms with Crippen LogP contribution in [0.5, 0.6) is 0 Å². The first-order valence-electron chi connectivity index (χ1n) is 16.0. The summed E-state index contributed by atoms with van der Waals surface area (Å²) in [6.07, 6.45) is 2.25. The number of fused-ring (bicyclic) bond motifs is 3. The zero-order valence-electron chi connectivity index (χ0n) is 26.7. The van der Waals surface area contributed by atoms with Crippen molar-refractivity contribution in [2.75, 3.05) is 18.1 Å². The average Bonchev–Trinajstić information content (AvgIpc) is 3.13. The Morgan fingerprint density at radius 2 is 1.26 bits per heavy atom. The number of nitrogens with one attached hydrogen (secondary N) is 1. The summed E-state index contributed by atoms with van der Waals surface area (Å²) in [6.45, 7) is 2.76. The van der Waals surface area contributed by atoms with Crippen molar-refractivity contribution in [1.29, 1.82) is 0 Å². The molecule has 0 aliphatic heterocycles.